The van der Waals surface area contributed by atoms with Gasteiger partial charge in [0.25, 0.3) is 0 Å². The number of ketones is 1. The highest BCUT2D eigenvalue weighted by Gasteiger charge is 2.49. The summed E-state index contributed by atoms with van der Waals surface area (Å²) in [7, 11) is 0. The van der Waals surface area contributed by atoms with Crippen LogP contribution in [0.5, 0.6) is 0 Å². The Hall–Kier alpha value is -0.850. The first kappa shape index (κ1) is 9.38. The monoisotopic (exact) mass is 202 g/mol. The SMILES string of the molecule is CC(C)=C1C2C=CC1C1CCCC2C1=O. The molecule has 1 nitrogen and oxygen atoms in total. The van der Waals surface area contributed by atoms with Crippen molar-refractivity contribution < 1.29 is 4.79 Å². The molecule has 0 spiro atoms. The Kier molecular flexibility index (Phi) is 1.92. The number of carbonyl (C=O) groups excluding carboxylic acids is 1. The second-order valence-corrected chi connectivity index (χ2v) is 5.44. The smallest absolute Gasteiger partial charge is 0.140 e. The van der Waals surface area contributed by atoms with E-state index in [0.29, 0.717) is 29.5 Å². The zero-order chi connectivity index (χ0) is 10.6. The standard InChI is InChI=1S/C14H18O/c1-8(2)13-9-6-7-10(13)12-5-3-4-11(9)14(12)15/h6-7,9-12H,3-5H2,1-2H3. The molecule has 3 rings (SSSR count). The van der Waals surface area contributed by atoms with Gasteiger partial charge in [0.2, 0.25) is 0 Å². The molecular weight excluding hydrogens is 184 g/mol. The zero-order valence-corrected chi connectivity index (χ0v) is 9.49. The molecule has 0 N–H and O–H groups in total. The summed E-state index contributed by atoms with van der Waals surface area (Å²) < 4.78 is 0. The Morgan fingerprint density at radius 1 is 1.13 bits per heavy atom. The van der Waals surface area contributed by atoms with Gasteiger partial charge in [-0.1, -0.05) is 29.7 Å². The van der Waals surface area contributed by atoms with E-state index < -0.39 is 0 Å². The van der Waals surface area contributed by atoms with Gasteiger partial charge in [-0.3, -0.25) is 4.79 Å². The Morgan fingerprint density at radius 3 is 2.13 bits per heavy atom. The van der Waals surface area contributed by atoms with E-state index in [1.807, 2.05) is 0 Å². The summed E-state index contributed by atoms with van der Waals surface area (Å²) in [5.74, 6) is 2.13. The van der Waals surface area contributed by atoms with Crippen LogP contribution >= 0.6 is 0 Å². The Labute approximate surface area is 91.2 Å². The third kappa shape index (κ3) is 1.12. The van der Waals surface area contributed by atoms with Gasteiger partial charge in [0.1, 0.15) is 5.78 Å². The highest BCUT2D eigenvalue weighted by atomic mass is 16.1. The molecule has 3 aliphatic carbocycles. The zero-order valence-electron chi connectivity index (χ0n) is 9.49. The van der Waals surface area contributed by atoms with E-state index >= 15 is 0 Å². The number of Topliss-reactive ketones (excluding diaryl/α,β-unsaturated/α-hetero) is 1. The van der Waals surface area contributed by atoms with Crippen molar-refractivity contribution in [1.29, 1.82) is 0 Å². The quantitative estimate of drug-likeness (QED) is 0.551. The van der Waals surface area contributed by atoms with E-state index in [2.05, 4.69) is 26.0 Å². The molecule has 0 aromatic rings. The molecule has 2 saturated carbocycles. The lowest BCUT2D eigenvalue weighted by Gasteiger charge is -2.41. The molecule has 0 aromatic carbocycles. The highest BCUT2D eigenvalue weighted by molar-refractivity contribution is 5.88. The fraction of sp³-hybridized carbons (Fsp3) is 0.643. The van der Waals surface area contributed by atoms with E-state index in [1.54, 1.807) is 5.57 Å². The largest absolute Gasteiger partial charge is 0.299 e. The van der Waals surface area contributed by atoms with Gasteiger partial charge < -0.3 is 0 Å². The molecule has 1 heteroatoms. The van der Waals surface area contributed by atoms with E-state index in [9.17, 15) is 4.79 Å². The predicted octanol–water partition coefficient (Wildman–Crippen LogP) is 3.12. The van der Waals surface area contributed by atoms with Crippen LogP contribution in [0.2, 0.25) is 0 Å². The maximum absolute atomic E-state index is 12.2. The van der Waals surface area contributed by atoms with Crippen LogP contribution in [0.25, 0.3) is 0 Å². The van der Waals surface area contributed by atoms with Crippen molar-refractivity contribution in [3.63, 3.8) is 0 Å². The van der Waals surface area contributed by atoms with Crippen molar-refractivity contribution >= 4 is 5.78 Å². The van der Waals surface area contributed by atoms with Crippen molar-refractivity contribution in [3.8, 4) is 0 Å². The van der Waals surface area contributed by atoms with Crippen LogP contribution in [0.3, 0.4) is 0 Å². The topological polar surface area (TPSA) is 17.1 Å². The van der Waals surface area contributed by atoms with Gasteiger partial charge in [0.05, 0.1) is 0 Å². The molecule has 15 heavy (non-hydrogen) atoms. The summed E-state index contributed by atoms with van der Waals surface area (Å²) in [6, 6.07) is 0. The van der Waals surface area contributed by atoms with Gasteiger partial charge in [-0.2, -0.15) is 0 Å². The van der Waals surface area contributed by atoms with Gasteiger partial charge in [0.15, 0.2) is 0 Å². The molecule has 0 aliphatic heterocycles. The number of carbonyl (C=O) groups is 1. The summed E-state index contributed by atoms with van der Waals surface area (Å²) >= 11 is 0. The third-order valence-corrected chi connectivity index (χ3v) is 4.45. The third-order valence-electron chi connectivity index (χ3n) is 4.45. The fourth-order valence-corrected chi connectivity index (χ4v) is 3.87. The van der Waals surface area contributed by atoms with Crippen molar-refractivity contribution in [2.24, 2.45) is 23.7 Å². The van der Waals surface area contributed by atoms with Gasteiger partial charge in [0, 0.05) is 23.7 Å². The lowest BCUT2D eigenvalue weighted by molar-refractivity contribution is -0.132. The van der Waals surface area contributed by atoms with Crippen molar-refractivity contribution in [1.82, 2.24) is 0 Å². The van der Waals surface area contributed by atoms with Crippen LogP contribution in [0.15, 0.2) is 23.3 Å². The average molecular weight is 202 g/mol. The number of hydrogen-bond acceptors (Lipinski definition) is 1. The lowest BCUT2D eigenvalue weighted by Crippen LogP contribution is -2.41. The van der Waals surface area contributed by atoms with Gasteiger partial charge in [-0.05, 0) is 26.7 Å². The first-order valence-corrected chi connectivity index (χ1v) is 6.09. The van der Waals surface area contributed by atoms with Gasteiger partial charge in [-0.15, -0.1) is 0 Å². The minimum absolute atomic E-state index is 0.323. The summed E-state index contributed by atoms with van der Waals surface area (Å²) in [4.78, 5) is 12.2. The van der Waals surface area contributed by atoms with Crippen LogP contribution in [-0.4, -0.2) is 5.78 Å². The van der Waals surface area contributed by atoms with E-state index in [1.165, 1.54) is 12.0 Å². The second-order valence-electron chi connectivity index (χ2n) is 5.44. The predicted molar refractivity (Wildman–Crippen MR) is 60.3 cm³/mol. The summed E-state index contributed by atoms with van der Waals surface area (Å²) in [5, 5.41) is 0. The first-order valence-electron chi connectivity index (χ1n) is 6.09. The number of rotatable bonds is 0. The van der Waals surface area contributed by atoms with Crippen molar-refractivity contribution in [2.75, 3.05) is 0 Å². The second kappa shape index (κ2) is 3.07. The minimum atomic E-state index is 0.323. The molecule has 4 unspecified atom stereocenters. The molecule has 4 atom stereocenters. The van der Waals surface area contributed by atoms with Crippen molar-refractivity contribution in [2.45, 2.75) is 33.1 Å². The molecule has 3 aliphatic rings. The van der Waals surface area contributed by atoms with E-state index in [0.717, 1.165) is 12.8 Å². The molecular formula is C14H18O. The summed E-state index contributed by atoms with van der Waals surface area (Å²) in [5.41, 5.74) is 3.02. The van der Waals surface area contributed by atoms with E-state index in [4.69, 9.17) is 0 Å². The number of allylic oxidation sites excluding steroid dienone is 4. The highest BCUT2D eigenvalue weighted by Crippen LogP contribution is 2.52. The van der Waals surface area contributed by atoms with Gasteiger partial charge in [-0.25, -0.2) is 0 Å². The molecule has 0 saturated heterocycles. The summed E-state index contributed by atoms with van der Waals surface area (Å²) in [6.45, 7) is 4.40. The fourth-order valence-electron chi connectivity index (χ4n) is 3.87. The molecule has 2 fully saturated rings. The van der Waals surface area contributed by atoms with Crippen LogP contribution in [0.4, 0.5) is 0 Å². The molecule has 0 radical (unpaired) electrons. The normalized spacial score (nSPS) is 42.3. The molecule has 0 amide bonds. The van der Waals surface area contributed by atoms with Crippen molar-refractivity contribution in [3.05, 3.63) is 23.3 Å². The molecule has 80 valence electrons. The van der Waals surface area contributed by atoms with E-state index in [-0.39, 0.29) is 0 Å². The number of hydrogen-bond donors (Lipinski definition) is 0. The Bertz CT molecular complexity index is 345. The Balaban J connectivity index is 2.11. The first-order chi connectivity index (χ1) is 7.20. The van der Waals surface area contributed by atoms with Crippen LogP contribution in [0, 0.1) is 23.7 Å². The van der Waals surface area contributed by atoms with Crippen LogP contribution in [-0.2, 0) is 4.79 Å². The minimum Gasteiger partial charge on any atom is -0.299 e. The maximum Gasteiger partial charge on any atom is 0.140 e. The molecule has 4 bridgehead atoms. The Morgan fingerprint density at radius 2 is 1.67 bits per heavy atom. The van der Waals surface area contributed by atoms with Gasteiger partial charge >= 0.3 is 0 Å². The molecule has 0 heterocycles. The number of fused-ring (bicyclic) bond motifs is 6. The molecule has 0 aromatic heterocycles. The van der Waals surface area contributed by atoms with Crippen LogP contribution in [0.1, 0.15) is 33.1 Å². The summed E-state index contributed by atoms with van der Waals surface area (Å²) in [6.07, 6.45) is 8.11. The average Bonchev–Trinajstić information content (AvgIpc) is 2.57. The van der Waals surface area contributed by atoms with Crippen LogP contribution < -0.4 is 0 Å². The maximum atomic E-state index is 12.2. The lowest BCUT2D eigenvalue weighted by atomic mass is 9.61.